The maximum absolute atomic E-state index is 14.2. The normalized spacial score (nSPS) is 11.6. The molecule has 3 nitrogen and oxygen atoms in total. The van der Waals surface area contributed by atoms with Crippen molar-refractivity contribution in [3.05, 3.63) is 241 Å². The van der Waals surface area contributed by atoms with Crippen molar-refractivity contribution in [2.45, 2.75) is 0 Å². The quantitative estimate of drug-likeness (QED) is 0.154. The van der Waals surface area contributed by atoms with Gasteiger partial charge >= 0.3 is 5.69 Å². The van der Waals surface area contributed by atoms with E-state index in [1.807, 2.05) is 59.2 Å². The van der Waals surface area contributed by atoms with Gasteiger partial charge in [-0.3, -0.25) is 9.13 Å². The first-order valence-corrected chi connectivity index (χ1v) is 21.1. The highest BCUT2D eigenvalue weighted by Crippen LogP contribution is 2.46. The first-order chi connectivity index (χ1) is 30.7. The number of fused-ring (bicyclic) bond motifs is 5. The minimum Gasteiger partial charge on any atom is -0.260 e. The molecular weight excluding hydrogens is 753 g/mol. The summed E-state index contributed by atoms with van der Waals surface area (Å²) in [6.45, 7) is 0. The van der Waals surface area contributed by atoms with Crippen LogP contribution in [0.1, 0.15) is 0 Å². The lowest BCUT2D eigenvalue weighted by molar-refractivity contribution is 0.931. The summed E-state index contributed by atoms with van der Waals surface area (Å²) in [6.07, 6.45) is 0. The molecule has 0 N–H and O–H groups in total. The van der Waals surface area contributed by atoms with Crippen LogP contribution in [0.25, 0.3) is 110 Å². The van der Waals surface area contributed by atoms with E-state index in [1.165, 1.54) is 82.0 Å². The Morgan fingerprint density at radius 2 is 0.468 bits per heavy atom. The lowest BCUT2D eigenvalue weighted by atomic mass is 9.84. The Labute approximate surface area is 358 Å². The molecule has 0 saturated carbocycles. The van der Waals surface area contributed by atoms with E-state index >= 15 is 0 Å². The molecule has 12 rings (SSSR count). The Morgan fingerprint density at radius 3 is 0.806 bits per heavy atom. The van der Waals surface area contributed by atoms with Crippen LogP contribution in [0.2, 0.25) is 0 Å². The van der Waals surface area contributed by atoms with Crippen molar-refractivity contribution in [1.29, 1.82) is 0 Å². The Bertz CT molecular complexity index is 3620. The molecule has 0 unspecified atom stereocenters. The average Bonchev–Trinajstić information content (AvgIpc) is 3.64. The smallest absolute Gasteiger partial charge is 0.260 e. The maximum Gasteiger partial charge on any atom is 0.338 e. The topological polar surface area (TPSA) is 26.9 Å². The van der Waals surface area contributed by atoms with Gasteiger partial charge in [0.05, 0.1) is 22.4 Å². The van der Waals surface area contributed by atoms with E-state index in [4.69, 9.17) is 0 Å². The van der Waals surface area contributed by atoms with Gasteiger partial charge in [-0.15, -0.1) is 0 Å². The summed E-state index contributed by atoms with van der Waals surface area (Å²) >= 11 is 0. The Balaban J connectivity index is 0.997. The van der Waals surface area contributed by atoms with Crippen molar-refractivity contribution >= 4 is 54.1 Å². The molecule has 0 radical (unpaired) electrons. The van der Waals surface area contributed by atoms with Gasteiger partial charge < -0.3 is 0 Å². The van der Waals surface area contributed by atoms with E-state index in [0.29, 0.717) is 0 Å². The standard InChI is InChI=1S/C59H38N2O/c62-59-60(43-19-5-2-6-20-43)53-29-15-16-30-54(53)61(59)44-37-35-42(36-38-44)58-51-27-13-11-25-49(51)57(50-26-12-14-28-52(50)58)41-33-31-40(32-34-41)56-47-23-9-7-21-45(47)55(39-17-3-1-4-18-39)46-22-8-10-24-48(46)56/h1-38H. The van der Waals surface area contributed by atoms with Crippen molar-refractivity contribution in [2.75, 3.05) is 0 Å². The SMILES string of the molecule is O=c1n(-c2ccccc2)c2ccccc2n1-c1ccc(-c2c3ccccc3c(-c3ccc(-c4c5ccccc5c(-c5ccccc5)c5ccccc45)cc3)c3ccccc23)cc1. The van der Waals surface area contributed by atoms with Crippen molar-refractivity contribution in [1.82, 2.24) is 9.13 Å². The number of nitrogens with zero attached hydrogens (tertiary/aromatic N) is 2. The van der Waals surface area contributed by atoms with Crippen LogP contribution >= 0.6 is 0 Å². The zero-order valence-electron chi connectivity index (χ0n) is 33.7. The minimum atomic E-state index is -0.0954. The highest BCUT2D eigenvalue weighted by molar-refractivity contribution is 6.23. The molecule has 0 spiro atoms. The van der Waals surface area contributed by atoms with Gasteiger partial charge in [0.25, 0.3) is 0 Å². The molecule has 11 aromatic carbocycles. The summed E-state index contributed by atoms with van der Waals surface area (Å²) < 4.78 is 3.61. The number of hydrogen-bond acceptors (Lipinski definition) is 1. The third-order valence-corrected chi connectivity index (χ3v) is 12.6. The van der Waals surface area contributed by atoms with Crippen LogP contribution in [0.15, 0.2) is 235 Å². The molecule has 0 aliphatic heterocycles. The Kier molecular flexibility index (Phi) is 8.32. The van der Waals surface area contributed by atoms with Gasteiger partial charge in [0, 0.05) is 0 Å². The van der Waals surface area contributed by atoms with Crippen LogP contribution < -0.4 is 5.69 Å². The first kappa shape index (κ1) is 35.7. The third kappa shape index (κ3) is 5.56. The average molecular weight is 791 g/mol. The molecule has 0 amide bonds. The van der Waals surface area contributed by atoms with E-state index in [-0.39, 0.29) is 5.69 Å². The molecule has 12 aromatic rings. The molecule has 0 atom stereocenters. The molecule has 3 heteroatoms. The largest absolute Gasteiger partial charge is 0.338 e. The van der Waals surface area contributed by atoms with Crippen LogP contribution in [0.5, 0.6) is 0 Å². The molecule has 0 bridgehead atoms. The van der Waals surface area contributed by atoms with E-state index in [0.717, 1.165) is 28.0 Å². The van der Waals surface area contributed by atoms with Gasteiger partial charge in [0.1, 0.15) is 0 Å². The molecule has 0 aliphatic carbocycles. The van der Waals surface area contributed by atoms with Crippen LogP contribution in [0.4, 0.5) is 0 Å². The van der Waals surface area contributed by atoms with Crippen LogP contribution in [-0.2, 0) is 0 Å². The molecule has 0 aliphatic rings. The van der Waals surface area contributed by atoms with Crippen molar-refractivity contribution in [2.24, 2.45) is 0 Å². The summed E-state index contributed by atoms with van der Waals surface area (Å²) in [5.74, 6) is 0. The number of para-hydroxylation sites is 3. The summed E-state index contributed by atoms with van der Waals surface area (Å²) in [7, 11) is 0. The predicted molar refractivity (Wildman–Crippen MR) is 261 cm³/mol. The molecular formula is C59H38N2O. The lowest BCUT2D eigenvalue weighted by Gasteiger charge is -2.19. The van der Waals surface area contributed by atoms with Crippen LogP contribution in [0, 0.1) is 0 Å². The van der Waals surface area contributed by atoms with Crippen LogP contribution in [-0.4, -0.2) is 9.13 Å². The molecule has 0 fully saturated rings. The van der Waals surface area contributed by atoms with Gasteiger partial charge in [0.2, 0.25) is 0 Å². The van der Waals surface area contributed by atoms with E-state index in [2.05, 4.69) is 176 Å². The summed E-state index contributed by atoms with van der Waals surface area (Å²) in [5.41, 5.74) is 12.9. The van der Waals surface area contributed by atoms with Crippen molar-refractivity contribution in [3.63, 3.8) is 0 Å². The molecule has 62 heavy (non-hydrogen) atoms. The zero-order chi connectivity index (χ0) is 41.1. The van der Waals surface area contributed by atoms with Gasteiger partial charge in [-0.2, -0.15) is 0 Å². The maximum atomic E-state index is 14.2. The van der Waals surface area contributed by atoms with Gasteiger partial charge in [-0.25, -0.2) is 4.79 Å². The number of rotatable bonds is 6. The van der Waals surface area contributed by atoms with Gasteiger partial charge in [-0.1, -0.05) is 194 Å². The zero-order valence-corrected chi connectivity index (χ0v) is 33.7. The fourth-order valence-corrected chi connectivity index (χ4v) is 9.91. The van der Waals surface area contributed by atoms with Crippen molar-refractivity contribution in [3.8, 4) is 55.9 Å². The Hall–Kier alpha value is -8.27. The second kappa shape index (κ2) is 14.5. The van der Waals surface area contributed by atoms with Gasteiger partial charge in [-0.05, 0) is 124 Å². The first-order valence-electron chi connectivity index (χ1n) is 21.1. The molecule has 1 heterocycles. The summed E-state index contributed by atoms with van der Waals surface area (Å²) in [5, 5.41) is 9.76. The number of aromatic nitrogens is 2. The number of benzene rings is 11. The fraction of sp³-hybridized carbons (Fsp3) is 0. The third-order valence-electron chi connectivity index (χ3n) is 12.6. The number of imidazole rings is 1. The molecule has 1 aromatic heterocycles. The lowest BCUT2D eigenvalue weighted by Crippen LogP contribution is -2.22. The highest BCUT2D eigenvalue weighted by Gasteiger charge is 2.20. The Morgan fingerprint density at radius 1 is 0.226 bits per heavy atom. The van der Waals surface area contributed by atoms with E-state index in [1.54, 1.807) is 4.57 Å². The van der Waals surface area contributed by atoms with E-state index < -0.39 is 0 Å². The van der Waals surface area contributed by atoms with Crippen LogP contribution in [0.3, 0.4) is 0 Å². The second-order valence-electron chi connectivity index (χ2n) is 16.0. The number of hydrogen-bond donors (Lipinski definition) is 0. The predicted octanol–water partition coefficient (Wildman–Crippen LogP) is 15.1. The van der Waals surface area contributed by atoms with Crippen molar-refractivity contribution < 1.29 is 0 Å². The fourth-order valence-electron chi connectivity index (χ4n) is 9.91. The highest BCUT2D eigenvalue weighted by atomic mass is 16.1. The summed E-state index contributed by atoms with van der Waals surface area (Å²) in [6, 6.07) is 81.5. The molecule has 290 valence electrons. The second-order valence-corrected chi connectivity index (χ2v) is 16.0. The van der Waals surface area contributed by atoms with E-state index in [9.17, 15) is 4.79 Å². The monoisotopic (exact) mass is 790 g/mol. The summed E-state index contributed by atoms with van der Waals surface area (Å²) in [4.78, 5) is 14.2. The molecule has 0 saturated heterocycles. The minimum absolute atomic E-state index is 0.0954. The van der Waals surface area contributed by atoms with Gasteiger partial charge in [0.15, 0.2) is 0 Å².